The number of epoxide rings is 1. The molecular formula is C6H6NaO. The molecule has 1 radical (unpaired) electrons. The smallest absolute Gasteiger partial charge is 0.107 e. The quantitative estimate of drug-likeness (QED) is 0.332. The molecule has 2 heteroatoms. The molecule has 0 bridgehead atoms. The third kappa shape index (κ3) is 1.06. The van der Waals surface area contributed by atoms with Crippen LogP contribution in [-0.4, -0.2) is 41.8 Å². The van der Waals surface area contributed by atoms with Crippen LogP contribution < -0.4 is 0 Å². The zero-order valence-corrected chi connectivity index (χ0v) is 6.87. The van der Waals surface area contributed by atoms with Crippen LogP contribution in [-0.2, 0) is 4.74 Å². The van der Waals surface area contributed by atoms with Crippen molar-refractivity contribution in [2.24, 2.45) is 0 Å². The Morgan fingerprint density at radius 1 is 1.00 bits per heavy atom. The van der Waals surface area contributed by atoms with Crippen LogP contribution in [0.3, 0.4) is 0 Å². The van der Waals surface area contributed by atoms with Crippen LogP contribution in [0.1, 0.15) is 0 Å². The topological polar surface area (TPSA) is 12.5 Å². The minimum absolute atomic E-state index is 0. The third-order valence-electron chi connectivity index (χ3n) is 1.27. The summed E-state index contributed by atoms with van der Waals surface area (Å²) in [6.45, 7) is 0. The second kappa shape index (κ2) is 2.36. The van der Waals surface area contributed by atoms with Crippen LogP contribution in [0.4, 0.5) is 0 Å². The van der Waals surface area contributed by atoms with Gasteiger partial charge >= 0.3 is 0 Å². The summed E-state index contributed by atoms with van der Waals surface area (Å²) in [6, 6.07) is 0. The van der Waals surface area contributed by atoms with Gasteiger partial charge in [0.05, 0.1) is 0 Å². The van der Waals surface area contributed by atoms with Crippen LogP contribution in [0.25, 0.3) is 0 Å². The molecule has 0 aromatic heterocycles. The summed E-state index contributed by atoms with van der Waals surface area (Å²) in [5.41, 5.74) is 0. The van der Waals surface area contributed by atoms with Crippen molar-refractivity contribution in [2.75, 3.05) is 0 Å². The maximum atomic E-state index is 5.10. The number of rotatable bonds is 0. The van der Waals surface area contributed by atoms with Gasteiger partial charge in [0.1, 0.15) is 12.2 Å². The van der Waals surface area contributed by atoms with Crippen LogP contribution in [0.2, 0.25) is 0 Å². The third-order valence-corrected chi connectivity index (χ3v) is 1.27. The molecule has 1 heterocycles. The standard InChI is InChI=1S/C6H6O.Na/c1-2-4-6-5(3-1)7-6;/h1-6H;. The van der Waals surface area contributed by atoms with Gasteiger partial charge in [-0.1, -0.05) is 24.3 Å². The van der Waals surface area contributed by atoms with Gasteiger partial charge in [0.25, 0.3) is 0 Å². The van der Waals surface area contributed by atoms with Crippen molar-refractivity contribution in [3.05, 3.63) is 24.3 Å². The average molecular weight is 117 g/mol. The SMILES string of the molecule is C1=CC2OC2C=C1.[Na]. The molecule has 0 aromatic rings. The van der Waals surface area contributed by atoms with Crippen molar-refractivity contribution in [1.82, 2.24) is 0 Å². The van der Waals surface area contributed by atoms with Crippen molar-refractivity contribution in [2.45, 2.75) is 12.2 Å². The number of hydrogen-bond donors (Lipinski definition) is 0. The molecule has 1 aliphatic heterocycles. The van der Waals surface area contributed by atoms with E-state index in [0.717, 1.165) is 0 Å². The van der Waals surface area contributed by atoms with E-state index in [9.17, 15) is 0 Å². The van der Waals surface area contributed by atoms with Gasteiger partial charge in [-0.15, -0.1) is 0 Å². The normalized spacial score (nSPS) is 38.0. The summed E-state index contributed by atoms with van der Waals surface area (Å²) in [4.78, 5) is 0. The fourth-order valence-electron chi connectivity index (χ4n) is 0.793. The van der Waals surface area contributed by atoms with Crippen LogP contribution in [0.15, 0.2) is 24.3 Å². The molecule has 2 unspecified atom stereocenters. The average Bonchev–Trinajstić information content (AvgIpc) is 2.41. The fraction of sp³-hybridized carbons (Fsp3) is 0.333. The van der Waals surface area contributed by atoms with Crippen LogP contribution in [0.5, 0.6) is 0 Å². The predicted octanol–water partition coefficient (Wildman–Crippen LogP) is 0.499. The van der Waals surface area contributed by atoms with Crippen molar-refractivity contribution in [1.29, 1.82) is 0 Å². The molecule has 8 heavy (non-hydrogen) atoms. The van der Waals surface area contributed by atoms with Gasteiger partial charge < -0.3 is 4.74 Å². The molecule has 0 saturated carbocycles. The van der Waals surface area contributed by atoms with Crippen LogP contribution >= 0.6 is 0 Å². The Kier molecular flexibility index (Phi) is 1.93. The van der Waals surface area contributed by atoms with Gasteiger partial charge in [0, 0.05) is 29.6 Å². The van der Waals surface area contributed by atoms with Crippen molar-refractivity contribution >= 4 is 29.6 Å². The van der Waals surface area contributed by atoms with E-state index in [0.29, 0.717) is 12.2 Å². The molecule has 1 saturated heterocycles. The summed E-state index contributed by atoms with van der Waals surface area (Å²) in [7, 11) is 0. The molecule has 2 rings (SSSR count). The van der Waals surface area contributed by atoms with Gasteiger partial charge in [-0.2, -0.15) is 0 Å². The summed E-state index contributed by atoms with van der Waals surface area (Å²) in [5, 5.41) is 0. The Bertz CT molecular complexity index is 123. The number of fused-ring (bicyclic) bond motifs is 1. The minimum atomic E-state index is 0. The molecule has 0 spiro atoms. The molecular weight excluding hydrogens is 111 g/mol. The summed E-state index contributed by atoms with van der Waals surface area (Å²) < 4.78 is 5.10. The Labute approximate surface area is 70.7 Å². The molecule has 0 N–H and O–H groups in total. The van der Waals surface area contributed by atoms with E-state index < -0.39 is 0 Å². The minimum Gasteiger partial charge on any atom is -0.361 e. The first kappa shape index (κ1) is 6.56. The maximum Gasteiger partial charge on any atom is 0.107 e. The molecule has 37 valence electrons. The Hall–Kier alpha value is 0.440. The number of allylic oxidation sites excluding steroid dienone is 2. The molecule has 0 amide bonds. The van der Waals surface area contributed by atoms with E-state index >= 15 is 0 Å². The molecule has 1 fully saturated rings. The second-order valence-corrected chi connectivity index (χ2v) is 1.84. The zero-order chi connectivity index (χ0) is 4.69. The molecule has 0 aromatic carbocycles. The molecule has 1 nitrogen and oxygen atoms in total. The van der Waals surface area contributed by atoms with Crippen LogP contribution in [0, 0.1) is 0 Å². The van der Waals surface area contributed by atoms with Gasteiger partial charge in [0.15, 0.2) is 0 Å². The maximum absolute atomic E-state index is 5.10. The van der Waals surface area contributed by atoms with Crippen molar-refractivity contribution in [3.8, 4) is 0 Å². The van der Waals surface area contributed by atoms with E-state index in [-0.39, 0.29) is 29.6 Å². The van der Waals surface area contributed by atoms with Gasteiger partial charge in [-0.25, -0.2) is 0 Å². The van der Waals surface area contributed by atoms with Crippen molar-refractivity contribution < 1.29 is 4.74 Å². The van der Waals surface area contributed by atoms with Gasteiger partial charge in [-0.3, -0.25) is 0 Å². The first-order valence-corrected chi connectivity index (χ1v) is 2.47. The summed E-state index contributed by atoms with van der Waals surface area (Å²) in [6.07, 6.45) is 9.06. The Morgan fingerprint density at radius 2 is 1.50 bits per heavy atom. The first-order chi connectivity index (χ1) is 3.47. The predicted molar refractivity (Wildman–Crippen MR) is 32.7 cm³/mol. The number of hydrogen-bond acceptors (Lipinski definition) is 1. The van der Waals surface area contributed by atoms with E-state index in [1.807, 2.05) is 12.2 Å². The molecule has 2 aliphatic rings. The Balaban J connectivity index is 0.000000320. The Morgan fingerprint density at radius 3 is 1.88 bits per heavy atom. The van der Waals surface area contributed by atoms with E-state index in [1.54, 1.807) is 0 Å². The summed E-state index contributed by atoms with van der Waals surface area (Å²) in [5.74, 6) is 0. The molecule has 1 aliphatic carbocycles. The monoisotopic (exact) mass is 117 g/mol. The number of ether oxygens (including phenoxy) is 1. The van der Waals surface area contributed by atoms with E-state index in [1.165, 1.54) is 0 Å². The van der Waals surface area contributed by atoms with E-state index in [2.05, 4.69) is 12.2 Å². The van der Waals surface area contributed by atoms with Gasteiger partial charge in [0.2, 0.25) is 0 Å². The molecule has 2 atom stereocenters. The zero-order valence-electron chi connectivity index (χ0n) is 4.87. The second-order valence-electron chi connectivity index (χ2n) is 1.84. The summed E-state index contributed by atoms with van der Waals surface area (Å²) >= 11 is 0. The van der Waals surface area contributed by atoms with E-state index in [4.69, 9.17) is 4.74 Å². The first-order valence-electron chi connectivity index (χ1n) is 2.47. The fourth-order valence-corrected chi connectivity index (χ4v) is 0.793. The van der Waals surface area contributed by atoms with Gasteiger partial charge in [-0.05, 0) is 0 Å². The van der Waals surface area contributed by atoms with Crippen molar-refractivity contribution in [3.63, 3.8) is 0 Å². The largest absolute Gasteiger partial charge is 0.361 e.